The van der Waals surface area contributed by atoms with E-state index in [-0.39, 0.29) is 24.2 Å². The number of anilines is 1. The van der Waals surface area contributed by atoms with Gasteiger partial charge in [-0.15, -0.1) is 0 Å². The van der Waals surface area contributed by atoms with Gasteiger partial charge in [-0.2, -0.15) is 0 Å². The van der Waals surface area contributed by atoms with Gasteiger partial charge in [0.1, 0.15) is 18.5 Å². The highest BCUT2D eigenvalue weighted by Gasteiger charge is 2.34. The zero-order valence-electron chi connectivity index (χ0n) is 11.5. The van der Waals surface area contributed by atoms with Crippen LogP contribution in [-0.2, 0) is 14.3 Å². The van der Waals surface area contributed by atoms with Crippen molar-refractivity contribution in [3.8, 4) is 0 Å². The molecule has 1 heterocycles. The number of benzene rings is 1. The number of nitrogens with zero attached hydrogens (tertiary/aromatic N) is 2. The maximum absolute atomic E-state index is 12.9. The average molecular weight is 280 g/mol. The van der Waals surface area contributed by atoms with Crippen LogP contribution in [0.3, 0.4) is 0 Å². The second-order valence-electron chi connectivity index (χ2n) is 4.66. The monoisotopic (exact) mass is 280 g/mol. The Balaban J connectivity index is 2.12. The molecule has 1 fully saturated rings. The van der Waals surface area contributed by atoms with Crippen LogP contribution in [0.25, 0.3) is 0 Å². The SMILES string of the molecule is COCC(=O)N1CCN(c2ccc(F)cc2)C(=O)[C@@H]1C. The van der Waals surface area contributed by atoms with Crippen molar-refractivity contribution in [2.45, 2.75) is 13.0 Å². The van der Waals surface area contributed by atoms with Crippen molar-refractivity contribution in [1.82, 2.24) is 4.90 Å². The van der Waals surface area contributed by atoms with Gasteiger partial charge in [0.25, 0.3) is 0 Å². The van der Waals surface area contributed by atoms with Crippen LogP contribution >= 0.6 is 0 Å². The van der Waals surface area contributed by atoms with Crippen LogP contribution in [0, 0.1) is 5.82 Å². The quantitative estimate of drug-likeness (QED) is 0.831. The summed E-state index contributed by atoms with van der Waals surface area (Å²) in [5.41, 5.74) is 0.641. The topological polar surface area (TPSA) is 49.9 Å². The Bertz CT molecular complexity index is 504. The van der Waals surface area contributed by atoms with Crippen LogP contribution in [0.1, 0.15) is 6.92 Å². The lowest BCUT2D eigenvalue weighted by Gasteiger charge is -2.39. The minimum Gasteiger partial charge on any atom is -0.375 e. The molecular formula is C14H17FN2O3. The third-order valence-electron chi connectivity index (χ3n) is 3.38. The lowest BCUT2D eigenvalue weighted by molar-refractivity contribution is -0.143. The summed E-state index contributed by atoms with van der Waals surface area (Å²) >= 11 is 0. The predicted molar refractivity (Wildman–Crippen MR) is 71.8 cm³/mol. The van der Waals surface area contributed by atoms with E-state index in [0.29, 0.717) is 18.8 Å². The van der Waals surface area contributed by atoms with E-state index in [1.165, 1.54) is 24.1 Å². The number of halogens is 1. The zero-order chi connectivity index (χ0) is 14.7. The normalized spacial score (nSPS) is 19.4. The van der Waals surface area contributed by atoms with Gasteiger partial charge in [-0.25, -0.2) is 4.39 Å². The van der Waals surface area contributed by atoms with Gasteiger partial charge < -0.3 is 14.5 Å². The number of carbonyl (C=O) groups is 2. The van der Waals surface area contributed by atoms with Gasteiger partial charge in [-0.05, 0) is 31.2 Å². The molecule has 0 spiro atoms. The molecule has 2 rings (SSSR count). The third-order valence-corrected chi connectivity index (χ3v) is 3.38. The predicted octanol–water partition coefficient (Wildman–Crippen LogP) is 1.04. The van der Waals surface area contributed by atoms with E-state index in [2.05, 4.69) is 0 Å². The maximum atomic E-state index is 12.9. The molecule has 1 atom stereocenters. The molecule has 0 bridgehead atoms. The Morgan fingerprint density at radius 1 is 1.35 bits per heavy atom. The molecule has 0 saturated carbocycles. The molecule has 5 nitrogen and oxygen atoms in total. The molecular weight excluding hydrogens is 263 g/mol. The number of piperazine rings is 1. The second kappa shape index (κ2) is 6.00. The summed E-state index contributed by atoms with van der Waals surface area (Å²) in [6.45, 7) is 2.48. The minimum atomic E-state index is -0.545. The van der Waals surface area contributed by atoms with Crippen LogP contribution < -0.4 is 4.90 Å². The summed E-state index contributed by atoms with van der Waals surface area (Å²) in [5.74, 6) is -0.720. The molecule has 0 aromatic heterocycles. The van der Waals surface area contributed by atoms with Crippen LogP contribution in [0.5, 0.6) is 0 Å². The largest absolute Gasteiger partial charge is 0.375 e. The van der Waals surface area contributed by atoms with Gasteiger partial charge in [-0.1, -0.05) is 0 Å². The van der Waals surface area contributed by atoms with Crippen molar-refractivity contribution in [3.05, 3.63) is 30.1 Å². The molecule has 108 valence electrons. The smallest absolute Gasteiger partial charge is 0.249 e. The first-order valence-corrected chi connectivity index (χ1v) is 6.40. The first kappa shape index (κ1) is 14.5. The zero-order valence-corrected chi connectivity index (χ0v) is 11.5. The standard InChI is InChI=1S/C14H17FN2O3/c1-10-14(19)17(12-5-3-11(15)4-6-12)8-7-16(10)13(18)9-20-2/h3-6,10H,7-9H2,1-2H3/t10-/m0/s1. The van der Waals surface area contributed by atoms with Crippen molar-refractivity contribution in [2.24, 2.45) is 0 Å². The Morgan fingerprint density at radius 2 is 2.00 bits per heavy atom. The minimum absolute atomic E-state index is 0.0336. The van der Waals surface area contributed by atoms with E-state index in [1.54, 1.807) is 24.0 Å². The van der Waals surface area contributed by atoms with Crippen LogP contribution in [-0.4, -0.2) is 49.6 Å². The van der Waals surface area contributed by atoms with E-state index >= 15 is 0 Å². The third kappa shape index (κ3) is 2.80. The average Bonchev–Trinajstić information content (AvgIpc) is 2.43. The molecule has 1 aromatic rings. The van der Waals surface area contributed by atoms with E-state index in [4.69, 9.17) is 4.74 Å². The van der Waals surface area contributed by atoms with E-state index in [9.17, 15) is 14.0 Å². The number of hydrogen-bond acceptors (Lipinski definition) is 3. The van der Waals surface area contributed by atoms with Crippen LogP contribution in [0.4, 0.5) is 10.1 Å². The summed E-state index contributed by atoms with van der Waals surface area (Å²) in [6.07, 6.45) is 0. The van der Waals surface area contributed by atoms with Crippen molar-refractivity contribution in [3.63, 3.8) is 0 Å². The van der Waals surface area contributed by atoms with E-state index < -0.39 is 6.04 Å². The summed E-state index contributed by atoms with van der Waals surface area (Å²) in [4.78, 5) is 27.2. The van der Waals surface area contributed by atoms with Gasteiger partial charge in [0.05, 0.1) is 0 Å². The van der Waals surface area contributed by atoms with Gasteiger partial charge in [0.15, 0.2) is 0 Å². The Morgan fingerprint density at radius 3 is 2.60 bits per heavy atom. The number of carbonyl (C=O) groups excluding carboxylic acids is 2. The molecule has 1 aliphatic rings. The van der Waals surface area contributed by atoms with E-state index in [1.807, 2.05) is 0 Å². The maximum Gasteiger partial charge on any atom is 0.249 e. The van der Waals surface area contributed by atoms with Crippen LogP contribution in [0.15, 0.2) is 24.3 Å². The van der Waals surface area contributed by atoms with Crippen molar-refractivity contribution in [1.29, 1.82) is 0 Å². The molecule has 6 heteroatoms. The lowest BCUT2D eigenvalue weighted by atomic mass is 10.1. The number of rotatable bonds is 3. The number of amides is 2. The molecule has 20 heavy (non-hydrogen) atoms. The first-order valence-electron chi connectivity index (χ1n) is 6.40. The summed E-state index contributed by atoms with van der Waals surface area (Å²) in [6, 6.07) is 5.21. The van der Waals surface area contributed by atoms with Crippen molar-refractivity contribution >= 4 is 17.5 Å². The lowest BCUT2D eigenvalue weighted by Crippen LogP contribution is -2.58. The highest BCUT2D eigenvalue weighted by Crippen LogP contribution is 2.20. The highest BCUT2D eigenvalue weighted by molar-refractivity contribution is 6.00. The highest BCUT2D eigenvalue weighted by atomic mass is 19.1. The second-order valence-corrected chi connectivity index (χ2v) is 4.66. The van der Waals surface area contributed by atoms with Crippen molar-refractivity contribution in [2.75, 3.05) is 31.7 Å². The molecule has 0 N–H and O–H groups in total. The summed E-state index contributed by atoms with van der Waals surface area (Å²) in [5, 5.41) is 0. The molecule has 1 aliphatic heterocycles. The van der Waals surface area contributed by atoms with Crippen molar-refractivity contribution < 1.29 is 18.7 Å². The molecule has 0 radical (unpaired) electrons. The van der Waals surface area contributed by atoms with Gasteiger partial charge in [0, 0.05) is 25.9 Å². The fourth-order valence-corrected chi connectivity index (χ4v) is 2.29. The Labute approximate surface area is 116 Å². The summed E-state index contributed by atoms with van der Waals surface area (Å²) in [7, 11) is 1.44. The molecule has 1 aromatic carbocycles. The number of methoxy groups -OCH3 is 1. The molecule has 0 unspecified atom stereocenters. The molecule has 0 aliphatic carbocycles. The summed E-state index contributed by atoms with van der Waals surface area (Å²) < 4.78 is 17.7. The van der Waals surface area contributed by atoms with Crippen LogP contribution in [0.2, 0.25) is 0 Å². The number of hydrogen-bond donors (Lipinski definition) is 0. The van der Waals surface area contributed by atoms with Gasteiger partial charge in [0.2, 0.25) is 11.8 Å². The first-order chi connectivity index (χ1) is 9.54. The van der Waals surface area contributed by atoms with Gasteiger partial charge in [-0.3, -0.25) is 9.59 Å². The molecule has 1 saturated heterocycles. The number of ether oxygens (including phenoxy) is 1. The van der Waals surface area contributed by atoms with E-state index in [0.717, 1.165) is 0 Å². The Kier molecular flexibility index (Phi) is 4.34. The molecule has 2 amide bonds. The van der Waals surface area contributed by atoms with Gasteiger partial charge >= 0.3 is 0 Å². The Hall–Kier alpha value is -1.95. The fraction of sp³-hybridized carbons (Fsp3) is 0.429. The fourth-order valence-electron chi connectivity index (χ4n) is 2.29.